The molecule has 0 atom stereocenters. The van der Waals surface area contributed by atoms with Crippen molar-refractivity contribution < 1.29 is 9.18 Å². The van der Waals surface area contributed by atoms with Crippen LogP contribution in [0.1, 0.15) is 54.9 Å². The molecular weight excluding hydrogens is 267 g/mol. The predicted octanol–water partition coefficient (Wildman–Crippen LogP) is 3.73. The minimum Gasteiger partial charge on any atom is -0.334 e. The number of hydrogen-bond acceptors (Lipinski definition) is 2. The van der Waals surface area contributed by atoms with Crippen molar-refractivity contribution in [2.45, 2.75) is 51.5 Å². The Bertz CT molecular complexity index is 569. The fraction of sp³-hybridized carbons (Fsp3) is 0.529. The van der Waals surface area contributed by atoms with E-state index in [-0.39, 0.29) is 5.56 Å². The molecule has 0 heterocycles. The topological polar surface area (TPSA) is 52.9 Å². The third-order valence-corrected chi connectivity index (χ3v) is 4.47. The summed E-state index contributed by atoms with van der Waals surface area (Å²) in [4.78, 5) is 12.3. The Morgan fingerprint density at radius 3 is 2.67 bits per heavy atom. The van der Waals surface area contributed by atoms with Crippen LogP contribution >= 0.6 is 0 Å². The molecule has 2 rings (SSSR count). The summed E-state index contributed by atoms with van der Waals surface area (Å²) in [6.45, 7) is 3.91. The molecule has 112 valence electrons. The Kier molecular flexibility index (Phi) is 4.62. The molecule has 1 amide bonds. The number of hydrogen-bond donors (Lipinski definition) is 1. The van der Waals surface area contributed by atoms with Crippen LogP contribution in [-0.4, -0.2) is 11.4 Å². The van der Waals surface area contributed by atoms with Crippen molar-refractivity contribution in [2.75, 3.05) is 0 Å². The van der Waals surface area contributed by atoms with Crippen LogP contribution in [0.25, 0.3) is 0 Å². The molecule has 0 bridgehead atoms. The number of nitrogens with zero attached hydrogens (tertiary/aromatic N) is 1. The van der Waals surface area contributed by atoms with Crippen molar-refractivity contribution in [1.29, 1.82) is 5.26 Å². The standard InChI is InChI=1S/C17H21FN2O/c1-3-13-6-8-17(11-19,9-7-13)20-16(21)14-5-4-12(2)10-15(14)18/h4-5,10,13H,3,6-9H2,1-2H3,(H,20,21). The number of halogens is 1. The van der Waals surface area contributed by atoms with Gasteiger partial charge in [0, 0.05) is 0 Å². The van der Waals surface area contributed by atoms with Crippen LogP contribution in [0.15, 0.2) is 18.2 Å². The van der Waals surface area contributed by atoms with Crippen LogP contribution in [0, 0.1) is 30.0 Å². The van der Waals surface area contributed by atoms with E-state index in [1.807, 2.05) is 0 Å². The number of carbonyl (C=O) groups is 1. The quantitative estimate of drug-likeness (QED) is 0.921. The van der Waals surface area contributed by atoms with E-state index in [1.54, 1.807) is 13.0 Å². The van der Waals surface area contributed by atoms with Crippen LogP contribution in [-0.2, 0) is 0 Å². The molecule has 1 aliphatic rings. The first-order chi connectivity index (χ1) is 9.99. The molecule has 1 saturated carbocycles. The van der Waals surface area contributed by atoms with Crippen molar-refractivity contribution >= 4 is 5.91 Å². The third-order valence-electron chi connectivity index (χ3n) is 4.47. The highest BCUT2D eigenvalue weighted by atomic mass is 19.1. The second-order valence-electron chi connectivity index (χ2n) is 5.98. The van der Waals surface area contributed by atoms with Crippen LogP contribution in [0.3, 0.4) is 0 Å². The minimum absolute atomic E-state index is 0.00726. The van der Waals surface area contributed by atoms with Crippen molar-refractivity contribution in [3.05, 3.63) is 35.1 Å². The Morgan fingerprint density at radius 1 is 1.48 bits per heavy atom. The van der Waals surface area contributed by atoms with Gasteiger partial charge in [-0.2, -0.15) is 5.26 Å². The van der Waals surface area contributed by atoms with E-state index in [9.17, 15) is 14.4 Å². The fourth-order valence-corrected chi connectivity index (χ4v) is 2.93. The molecule has 0 aromatic heterocycles. The molecule has 0 unspecified atom stereocenters. The summed E-state index contributed by atoms with van der Waals surface area (Å²) < 4.78 is 13.9. The van der Waals surface area contributed by atoms with Gasteiger partial charge in [-0.15, -0.1) is 0 Å². The van der Waals surface area contributed by atoms with E-state index >= 15 is 0 Å². The van der Waals surface area contributed by atoms with Crippen molar-refractivity contribution in [3.8, 4) is 6.07 Å². The summed E-state index contributed by atoms with van der Waals surface area (Å²) in [5.41, 5.74) is -0.0737. The van der Waals surface area contributed by atoms with E-state index < -0.39 is 17.3 Å². The van der Waals surface area contributed by atoms with Gasteiger partial charge in [-0.1, -0.05) is 19.4 Å². The monoisotopic (exact) mass is 288 g/mol. The molecule has 4 heteroatoms. The number of benzene rings is 1. The molecule has 0 aliphatic heterocycles. The zero-order chi connectivity index (χ0) is 15.5. The van der Waals surface area contributed by atoms with E-state index in [4.69, 9.17) is 0 Å². The van der Waals surface area contributed by atoms with Crippen molar-refractivity contribution in [3.63, 3.8) is 0 Å². The highest BCUT2D eigenvalue weighted by Crippen LogP contribution is 2.33. The Hall–Kier alpha value is -1.89. The lowest BCUT2D eigenvalue weighted by Gasteiger charge is -2.35. The Morgan fingerprint density at radius 2 is 2.14 bits per heavy atom. The lowest BCUT2D eigenvalue weighted by Crippen LogP contribution is -2.49. The summed E-state index contributed by atoms with van der Waals surface area (Å²) in [6.07, 6.45) is 4.24. The van der Waals surface area contributed by atoms with E-state index in [1.165, 1.54) is 12.1 Å². The molecule has 0 radical (unpaired) electrons. The molecule has 21 heavy (non-hydrogen) atoms. The smallest absolute Gasteiger partial charge is 0.255 e. The van der Waals surface area contributed by atoms with Crippen LogP contribution in [0.4, 0.5) is 4.39 Å². The summed E-state index contributed by atoms with van der Waals surface area (Å²) in [7, 11) is 0. The van der Waals surface area contributed by atoms with E-state index in [0.29, 0.717) is 18.8 Å². The van der Waals surface area contributed by atoms with Gasteiger partial charge in [0.15, 0.2) is 0 Å². The molecule has 1 N–H and O–H groups in total. The first-order valence-electron chi connectivity index (χ1n) is 7.49. The maximum atomic E-state index is 13.9. The minimum atomic E-state index is -0.847. The van der Waals surface area contributed by atoms with E-state index in [2.05, 4.69) is 18.3 Å². The maximum Gasteiger partial charge on any atom is 0.255 e. The Balaban J connectivity index is 2.12. The maximum absolute atomic E-state index is 13.9. The summed E-state index contributed by atoms with van der Waals surface area (Å²) >= 11 is 0. The number of nitrogens with one attached hydrogen (secondary N) is 1. The lowest BCUT2D eigenvalue weighted by molar-refractivity contribution is 0.0887. The molecular formula is C17H21FN2O. The molecule has 1 aromatic carbocycles. The molecule has 0 spiro atoms. The molecule has 3 nitrogen and oxygen atoms in total. The molecule has 1 aliphatic carbocycles. The van der Waals surface area contributed by atoms with Gasteiger partial charge in [0.25, 0.3) is 5.91 Å². The number of carbonyl (C=O) groups excluding carboxylic acids is 1. The number of amides is 1. The first-order valence-corrected chi connectivity index (χ1v) is 7.49. The van der Waals surface area contributed by atoms with Gasteiger partial charge in [-0.3, -0.25) is 4.79 Å². The second kappa shape index (κ2) is 6.26. The fourth-order valence-electron chi connectivity index (χ4n) is 2.93. The average Bonchev–Trinajstić information content (AvgIpc) is 2.47. The summed E-state index contributed by atoms with van der Waals surface area (Å²) in [6, 6.07) is 6.75. The van der Waals surface area contributed by atoms with Crippen molar-refractivity contribution in [2.24, 2.45) is 5.92 Å². The summed E-state index contributed by atoms with van der Waals surface area (Å²) in [5, 5.41) is 12.2. The lowest BCUT2D eigenvalue weighted by atomic mass is 9.76. The highest BCUT2D eigenvalue weighted by Gasteiger charge is 2.36. The van der Waals surface area contributed by atoms with Gasteiger partial charge in [-0.05, 0) is 56.2 Å². The molecule has 1 aromatic rings. The molecule has 0 saturated heterocycles. The average molecular weight is 288 g/mol. The highest BCUT2D eigenvalue weighted by molar-refractivity contribution is 5.95. The van der Waals surface area contributed by atoms with Gasteiger partial charge >= 0.3 is 0 Å². The number of aryl methyl sites for hydroxylation is 1. The van der Waals surface area contributed by atoms with Gasteiger partial charge in [-0.25, -0.2) is 4.39 Å². The Labute approximate surface area is 125 Å². The van der Waals surface area contributed by atoms with Crippen molar-refractivity contribution in [1.82, 2.24) is 5.32 Å². The zero-order valence-electron chi connectivity index (χ0n) is 12.6. The number of nitriles is 1. The predicted molar refractivity (Wildman–Crippen MR) is 79.2 cm³/mol. The van der Waals surface area contributed by atoms with Gasteiger partial charge in [0.1, 0.15) is 11.4 Å². The molecule has 1 fully saturated rings. The van der Waals surface area contributed by atoms with Gasteiger partial charge in [0.05, 0.1) is 11.6 Å². The number of rotatable bonds is 3. The van der Waals surface area contributed by atoms with E-state index in [0.717, 1.165) is 24.8 Å². The second-order valence-corrected chi connectivity index (χ2v) is 5.98. The summed E-state index contributed by atoms with van der Waals surface area (Å²) in [5.74, 6) is -0.411. The van der Waals surface area contributed by atoms with Crippen LogP contribution < -0.4 is 5.32 Å². The third kappa shape index (κ3) is 3.41. The van der Waals surface area contributed by atoms with Gasteiger partial charge < -0.3 is 5.32 Å². The first kappa shape index (κ1) is 15.5. The SMILES string of the molecule is CCC1CCC(C#N)(NC(=O)c2ccc(C)cc2F)CC1. The van der Waals surface area contributed by atoms with Crippen LogP contribution in [0.2, 0.25) is 0 Å². The van der Waals surface area contributed by atoms with Gasteiger partial charge in [0.2, 0.25) is 0 Å². The normalized spacial score (nSPS) is 25.1. The van der Waals surface area contributed by atoms with Crippen LogP contribution in [0.5, 0.6) is 0 Å². The zero-order valence-corrected chi connectivity index (χ0v) is 12.6. The largest absolute Gasteiger partial charge is 0.334 e.